The van der Waals surface area contributed by atoms with E-state index in [0.29, 0.717) is 10.2 Å². The lowest BCUT2D eigenvalue weighted by atomic mass is 10.1. The fraction of sp³-hybridized carbons (Fsp3) is 0.562. The van der Waals surface area contributed by atoms with Crippen LogP contribution in [0.25, 0.3) is 0 Å². The molecule has 0 atom stereocenters. The molecule has 136 valence electrons. The zero-order chi connectivity index (χ0) is 19.1. The molecule has 1 rings (SSSR count). The Hall–Kier alpha value is -1.70. The van der Waals surface area contributed by atoms with Gasteiger partial charge in [-0.15, -0.1) is 0 Å². The number of hydrogen-bond donors (Lipinski definition) is 1. The maximum atomic E-state index is 13.2. The van der Waals surface area contributed by atoms with Gasteiger partial charge in [-0.2, -0.15) is 0 Å². The van der Waals surface area contributed by atoms with Crippen LogP contribution in [0.5, 0.6) is 0 Å². The summed E-state index contributed by atoms with van der Waals surface area (Å²) in [6, 6.07) is 1.57. The van der Waals surface area contributed by atoms with Crippen molar-refractivity contribution in [2.45, 2.75) is 59.2 Å². The van der Waals surface area contributed by atoms with Crippen molar-refractivity contribution in [2.24, 2.45) is 0 Å². The standard InChI is InChI=1S/C15H22BrFN2O2.CH2O2/c1-14(2,3)19(13(20)21-15(4,5)6)9-10-7-11(16)12(17)8-18-10;2-1-3/h7-8H,9H2,1-6H3;1H,(H,2,3). The van der Waals surface area contributed by atoms with Crippen LogP contribution in [0.15, 0.2) is 16.7 Å². The number of hydrogen-bond acceptors (Lipinski definition) is 4. The van der Waals surface area contributed by atoms with E-state index < -0.39 is 23.1 Å². The fourth-order valence-corrected chi connectivity index (χ4v) is 1.96. The number of amides is 1. The molecule has 0 aromatic carbocycles. The quantitative estimate of drug-likeness (QED) is 0.743. The van der Waals surface area contributed by atoms with E-state index in [1.165, 1.54) is 0 Å². The van der Waals surface area contributed by atoms with Crippen LogP contribution in [-0.2, 0) is 16.1 Å². The number of rotatable bonds is 2. The second-order valence-corrected chi connectivity index (χ2v) is 7.79. The Balaban J connectivity index is 0.00000163. The summed E-state index contributed by atoms with van der Waals surface area (Å²) >= 11 is 3.12. The van der Waals surface area contributed by atoms with Crippen LogP contribution in [0.2, 0.25) is 0 Å². The van der Waals surface area contributed by atoms with Gasteiger partial charge in [0.15, 0.2) is 5.82 Å². The molecular formula is C16H24BrFN2O4. The van der Waals surface area contributed by atoms with Gasteiger partial charge in [0.1, 0.15) is 5.60 Å². The van der Waals surface area contributed by atoms with Gasteiger partial charge in [-0.25, -0.2) is 9.18 Å². The highest BCUT2D eigenvalue weighted by atomic mass is 79.9. The van der Waals surface area contributed by atoms with E-state index in [-0.39, 0.29) is 13.0 Å². The average molecular weight is 407 g/mol. The van der Waals surface area contributed by atoms with Crippen LogP contribution in [0.4, 0.5) is 9.18 Å². The summed E-state index contributed by atoms with van der Waals surface area (Å²) in [5.41, 5.74) is -0.425. The van der Waals surface area contributed by atoms with Crippen molar-refractivity contribution in [3.8, 4) is 0 Å². The van der Waals surface area contributed by atoms with E-state index in [0.717, 1.165) is 6.20 Å². The van der Waals surface area contributed by atoms with Gasteiger partial charge in [-0.1, -0.05) is 0 Å². The van der Waals surface area contributed by atoms with Crippen molar-refractivity contribution in [1.82, 2.24) is 9.88 Å². The molecule has 8 heteroatoms. The molecule has 0 unspecified atom stereocenters. The minimum absolute atomic E-state index is 0.247. The summed E-state index contributed by atoms with van der Waals surface area (Å²) in [4.78, 5) is 26.3. The molecule has 1 amide bonds. The van der Waals surface area contributed by atoms with Gasteiger partial charge in [0, 0.05) is 5.54 Å². The van der Waals surface area contributed by atoms with Crippen molar-refractivity contribution in [3.63, 3.8) is 0 Å². The summed E-state index contributed by atoms with van der Waals surface area (Å²) in [5.74, 6) is -0.432. The van der Waals surface area contributed by atoms with E-state index in [1.54, 1.807) is 11.0 Å². The molecule has 1 aromatic heterocycles. The molecule has 0 saturated heterocycles. The maximum Gasteiger partial charge on any atom is 0.411 e. The lowest BCUT2D eigenvalue weighted by Gasteiger charge is -2.36. The monoisotopic (exact) mass is 406 g/mol. The SMILES string of the molecule is CC(C)(C)OC(=O)N(Cc1cc(Br)c(F)cn1)C(C)(C)C.O=CO. The zero-order valence-corrected chi connectivity index (χ0v) is 16.3. The average Bonchev–Trinajstić information content (AvgIpc) is 2.37. The largest absolute Gasteiger partial charge is 0.483 e. The lowest BCUT2D eigenvalue weighted by Crippen LogP contribution is -2.47. The van der Waals surface area contributed by atoms with Gasteiger partial charge in [0.05, 0.1) is 22.9 Å². The third-order valence-electron chi connectivity index (χ3n) is 2.61. The predicted molar refractivity (Wildman–Crippen MR) is 92.1 cm³/mol. The molecule has 1 aromatic rings. The second kappa shape index (κ2) is 8.96. The molecule has 0 aliphatic carbocycles. The third-order valence-corrected chi connectivity index (χ3v) is 3.22. The summed E-state index contributed by atoms with van der Waals surface area (Å²) < 4.78 is 19.0. The molecule has 1 heterocycles. The molecule has 1 N–H and O–H groups in total. The minimum atomic E-state index is -0.572. The summed E-state index contributed by atoms with van der Waals surface area (Å²) in [5, 5.41) is 6.89. The molecule has 0 radical (unpaired) electrons. The van der Waals surface area contributed by atoms with E-state index >= 15 is 0 Å². The molecule has 24 heavy (non-hydrogen) atoms. The van der Waals surface area contributed by atoms with E-state index in [4.69, 9.17) is 14.6 Å². The Bertz CT molecular complexity index is 568. The first-order chi connectivity index (χ1) is 10.8. The van der Waals surface area contributed by atoms with Crippen LogP contribution < -0.4 is 0 Å². The van der Waals surface area contributed by atoms with Gasteiger partial charge in [0.2, 0.25) is 0 Å². The zero-order valence-electron chi connectivity index (χ0n) is 14.8. The number of nitrogens with zero attached hydrogens (tertiary/aromatic N) is 2. The van der Waals surface area contributed by atoms with Crippen molar-refractivity contribution in [1.29, 1.82) is 0 Å². The van der Waals surface area contributed by atoms with E-state index in [1.807, 2.05) is 41.5 Å². The van der Waals surface area contributed by atoms with Crippen molar-refractivity contribution in [3.05, 3.63) is 28.2 Å². The van der Waals surface area contributed by atoms with Gasteiger partial charge in [-0.05, 0) is 63.5 Å². The Morgan fingerprint density at radius 3 is 2.25 bits per heavy atom. The lowest BCUT2D eigenvalue weighted by molar-refractivity contribution is -0.122. The normalized spacial score (nSPS) is 11.2. The molecule has 0 spiro atoms. The Morgan fingerprint density at radius 2 is 1.88 bits per heavy atom. The number of carbonyl (C=O) groups excluding carboxylic acids is 1. The Labute approximate surface area is 150 Å². The van der Waals surface area contributed by atoms with E-state index in [2.05, 4.69) is 20.9 Å². The number of aromatic nitrogens is 1. The molecule has 0 fully saturated rings. The highest BCUT2D eigenvalue weighted by molar-refractivity contribution is 9.10. The highest BCUT2D eigenvalue weighted by Gasteiger charge is 2.31. The third kappa shape index (κ3) is 8.24. The molecule has 6 nitrogen and oxygen atoms in total. The smallest absolute Gasteiger partial charge is 0.411 e. The fourth-order valence-electron chi connectivity index (χ4n) is 1.59. The number of ether oxygens (including phenoxy) is 1. The summed E-state index contributed by atoms with van der Waals surface area (Å²) in [7, 11) is 0. The van der Waals surface area contributed by atoms with Crippen molar-refractivity contribution in [2.75, 3.05) is 0 Å². The Morgan fingerprint density at radius 1 is 1.38 bits per heavy atom. The highest BCUT2D eigenvalue weighted by Crippen LogP contribution is 2.22. The molecule has 0 bridgehead atoms. The van der Waals surface area contributed by atoms with Gasteiger partial charge in [-0.3, -0.25) is 14.7 Å². The minimum Gasteiger partial charge on any atom is -0.483 e. The van der Waals surface area contributed by atoms with Crippen LogP contribution in [0.3, 0.4) is 0 Å². The number of carboxylic acid groups (broad SMARTS) is 1. The van der Waals surface area contributed by atoms with Gasteiger partial charge >= 0.3 is 6.09 Å². The maximum absolute atomic E-state index is 13.2. The predicted octanol–water partition coefficient (Wildman–Crippen LogP) is 4.22. The van der Waals surface area contributed by atoms with Crippen LogP contribution in [0.1, 0.15) is 47.2 Å². The van der Waals surface area contributed by atoms with Gasteiger partial charge in [0.25, 0.3) is 6.47 Å². The van der Waals surface area contributed by atoms with Crippen LogP contribution in [-0.4, -0.2) is 38.7 Å². The first-order valence-corrected chi connectivity index (χ1v) is 7.99. The topological polar surface area (TPSA) is 79.7 Å². The summed E-state index contributed by atoms with van der Waals surface area (Å²) in [6.07, 6.45) is 0.715. The van der Waals surface area contributed by atoms with Crippen molar-refractivity contribution < 1.29 is 23.8 Å². The second-order valence-electron chi connectivity index (χ2n) is 6.93. The van der Waals surface area contributed by atoms with Crippen LogP contribution >= 0.6 is 15.9 Å². The molecule has 0 aliphatic heterocycles. The van der Waals surface area contributed by atoms with Crippen molar-refractivity contribution >= 4 is 28.5 Å². The molecular weight excluding hydrogens is 383 g/mol. The Kier molecular flexibility index (Phi) is 8.32. The first-order valence-electron chi connectivity index (χ1n) is 7.20. The molecule has 0 saturated carbocycles. The number of carbonyl (C=O) groups is 2. The summed E-state index contributed by atoms with van der Waals surface area (Å²) in [6.45, 7) is 11.2. The number of halogens is 2. The van der Waals surface area contributed by atoms with Gasteiger partial charge < -0.3 is 9.84 Å². The van der Waals surface area contributed by atoms with Crippen LogP contribution in [0, 0.1) is 5.82 Å². The first kappa shape index (κ1) is 22.3. The molecule has 0 aliphatic rings. The van der Waals surface area contributed by atoms with E-state index in [9.17, 15) is 9.18 Å². The number of pyridine rings is 1.